The Morgan fingerprint density at radius 1 is 1.42 bits per heavy atom. The second-order valence-electron chi connectivity index (χ2n) is 5.06. The van der Waals surface area contributed by atoms with E-state index in [0.29, 0.717) is 13.0 Å². The molecule has 0 aliphatic carbocycles. The van der Waals surface area contributed by atoms with Crippen LogP contribution in [-0.2, 0) is 0 Å². The first-order valence-electron chi connectivity index (χ1n) is 6.72. The molecular weight excluding hydrogens is 242 g/mol. The van der Waals surface area contributed by atoms with Crippen LogP contribution in [0.3, 0.4) is 0 Å². The van der Waals surface area contributed by atoms with Crippen molar-refractivity contribution in [2.75, 3.05) is 20.3 Å². The Morgan fingerprint density at radius 3 is 2.74 bits per heavy atom. The smallest absolute Gasteiger partial charge is 0.119 e. The van der Waals surface area contributed by atoms with Crippen LogP contribution in [0.25, 0.3) is 0 Å². The van der Waals surface area contributed by atoms with Crippen molar-refractivity contribution in [3.8, 4) is 5.75 Å². The maximum Gasteiger partial charge on any atom is 0.119 e. The van der Waals surface area contributed by atoms with Crippen LogP contribution in [0.15, 0.2) is 24.3 Å². The van der Waals surface area contributed by atoms with Crippen LogP contribution in [0.4, 0.5) is 0 Å². The summed E-state index contributed by atoms with van der Waals surface area (Å²) in [7, 11) is 1.61. The van der Waals surface area contributed by atoms with Gasteiger partial charge in [0.2, 0.25) is 0 Å². The predicted molar refractivity (Wildman–Crippen MR) is 76.4 cm³/mol. The van der Waals surface area contributed by atoms with E-state index in [9.17, 15) is 5.11 Å². The molecule has 0 spiro atoms. The Hall–Kier alpha value is -1.10. The van der Waals surface area contributed by atoms with Crippen LogP contribution in [0.2, 0.25) is 0 Å². The van der Waals surface area contributed by atoms with Gasteiger partial charge >= 0.3 is 0 Å². The normalized spacial score (nSPS) is 15.8. The lowest BCUT2D eigenvalue weighted by atomic mass is 9.94. The zero-order valence-corrected chi connectivity index (χ0v) is 12.0. The summed E-state index contributed by atoms with van der Waals surface area (Å²) in [5.74, 6) is 0.741. The lowest BCUT2D eigenvalue weighted by molar-refractivity contribution is 0.145. The third-order valence-electron chi connectivity index (χ3n) is 3.64. The van der Waals surface area contributed by atoms with Crippen molar-refractivity contribution in [3.05, 3.63) is 29.8 Å². The minimum Gasteiger partial charge on any atom is -0.497 e. The first kappa shape index (κ1) is 16.0. The maximum absolute atomic E-state index is 10.2. The molecule has 0 aliphatic heterocycles. The number of rotatable bonds is 8. The molecule has 2 atom stereocenters. The molecule has 3 N–H and O–H groups in total. The van der Waals surface area contributed by atoms with E-state index < -0.39 is 6.10 Å². The average Bonchev–Trinajstić information content (AvgIpc) is 2.45. The van der Waals surface area contributed by atoms with E-state index in [0.717, 1.165) is 17.7 Å². The predicted octanol–water partition coefficient (Wildman–Crippen LogP) is 1.87. The number of aliphatic hydroxyl groups excluding tert-OH is 2. The van der Waals surface area contributed by atoms with E-state index in [1.165, 1.54) is 0 Å². The molecule has 1 rings (SSSR count). The Bertz CT molecular complexity index is 383. The van der Waals surface area contributed by atoms with Crippen molar-refractivity contribution in [1.29, 1.82) is 0 Å². The van der Waals surface area contributed by atoms with Crippen LogP contribution in [0.1, 0.15) is 38.4 Å². The van der Waals surface area contributed by atoms with Gasteiger partial charge < -0.3 is 20.3 Å². The molecule has 0 radical (unpaired) electrons. The van der Waals surface area contributed by atoms with Gasteiger partial charge in [0, 0.05) is 18.7 Å². The Balaban J connectivity index is 2.61. The number of hydrogen-bond donors (Lipinski definition) is 3. The highest BCUT2D eigenvalue weighted by Gasteiger charge is 2.22. The summed E-state index contributed by atoms with van der Waals surface area (Å²) >= 11 is 0. The molecule has 0 bridgehead atoms. The molecular formula is C15H25NO3. The highest BCUT2D eigenvalue weighted by atomic mass is 16.5. The first-order chi connectivity index (χ1) is 9.04. The number of hydrogen-bond acceptors (Lipinski definition) is 4. The zero-order valence-electron chi connectivity index (χ0n) is 12.0. The third kappa shape index (κ3) is 4.82. The molecule has 0 aromatic heterocycles. The van der Waals surface area contributed by atoms with E-state index in [-0.39, 0.29) is 12.1 Å². The molecule has 19 heavy (non-hydrogen) atoms. The molecule has 0 heterocycles. The molecule has 108 valence electrons. The van der Waals surface area contributed by atoms with Gasteiger partial charge in [0.25, 0.3) is 0 Å². The van der Waals surface area contributed by atoms with Crippen LogP contribution in [-0.4, -0.2) is 36.0 Å². The Morgan fingerprint density at radius 2 is 2.16 bits per heavy atom. The molecule has 0 aliphatic rings. The van der Waals surface area contributed by atoms with Crippen molar-refractivity contribution in [2.24, 2.45) is 0 Å². The van der Waals surface area contributed by atoms with Crippen LogP contribution in [0.5, 0.6) is 5.75 Å². The minimum atomic E-state index is -0.584. The summed E-state index contributed by atoms with van der Waals surface area (Å²) in [6, 6.07) is 7.43. The van der Waals surface area contributed by atoms with E-state index in [1.54, 1.807) is 7.11 Å². The molecule has 0 saturated carbocycles. The van der Waals surface area contributed by atoms with Gasteiger partial charge in [0.05, 0.1) is 13.2 Å². The van der Waals surface area contributed by atoms with Gasteiger partial charge in [0.1, 0.15) is 5.75 Å². The zero-order chi connectivity index (χ0) is 14.3. The number of ether oxygens (including phenoxy) is 1. The van der Waals surface area contributed by atoms with Gasteiger partial charge in [-0.1, -0.05) is 19.1 Å². The molecule has 1 aromatic rings. The third-order valence-corrected chi connectivity index (χ3v) is 3.64. The van der Waals surface area contributed by atoms with E-state index in [2.05, 4.69) is 19.2 Å². The average molecular weight is 267 g/mol. The molecule has 1 aromatic carbocycles. The highest BCUT2D eigenvalue weighted by Crippen LogP contribution is 2.20. The SMILES string of the molecule is CCC(C)(CCO)NCC(O)c1cccc(OC)c1. The molecule has 4 nitrogen and oxygen atoms in total. The van der Waals surface area contributed by atoms with Crippen molar-refractivity contribution in [2.45, 2.75) is 38.3 Å². The molecule has 4 heteroatoms. The summed E-state index contributed by atoms with van der Waals surface area (Å²) in [4.78, 5) is 0. The van der Waals surface area contributed by atoms with Gasteiger partial charge in [-0.3, -0.25) is 0 Å². The van der Waals surface area contributed by atoms with Crippen molar-refractivity contribution < 1.29 is 14.9 Å². The van der Waals surface area contributed by atoms with E-state index in [1.807, 2.05) is 24.3 Å². The van der Waals surface area contributed by atoms with E-state index in [4.69, 9.17) is 9.84 Å². The van der Waals surface area contributed by atoms with Crippen molar-refractivity contribution >= 4 is 0 Å². The first-order valence-corrected chi connectivity index (χ1v) is 6.72. The largest absolute Gasteiger partial charge is 0.497 e. The Labute approximate surface area is 115 Å². The molecule has 0 amide bonds. The summed E-state index contributed by atoms with van der Waals surface area (Å²) in [6.07, 6.45) is 0.992. The lowest BCUT2D eigenvalue weighted by Crippen LogP contribution is -2.44. The minimum absolute atomic E-state index is 0.144. The van der Waals surface area contributed by atoms with Crippen molar-refractivity contribution in [3.63, 3.8) is 0 Å². The quantitative estimate of drug-likeness (QED) is 0.673. The maximum atomic E-state index is 10.2. The second-order valence-corrected chi connectivity index (χ2v) is 5.06. The van der Waals surface area contributed by atoms with Gasteiger partial charge in [-0.25, -0.2) is 0 Å². The number of β-amino-alcohol motifs (C(OH)–C–C–N with tert-alkyl or cyclic N) is 1. The molecule has 2 unspecified atom stereocenters. The summed E-state index contributed by atoms with van der Waals surface area (Å²) < 4.78 is 5.15. The summed E-state index contributed by atoms with van der Waals surface area (Å²) in [6.45, 7) is 4.73. The van der Waals surface area contributed by atoms with Gasteiger partial charge in [-0.15, -0.1) is 0 Å². The number of aliphatic hydroxyl groups is 2. The monoisotopic (exact) mass is 267 g/mol. The summed E-state index contributed by atoms with van der Waals surface area (Å²) in [5, 5.41) is 22.6. The van der Waals surface area contributed by atoms with E-state index >= 15 is 0 Å². The van der Waals surface area contributed by atoms with Crippen LogP contribution in [0, 0.1) is 0 Å². The van der Waals surface area contributed by atoms with Crippen LogP contribution >= 0.6 is 0 Å². The topological polar surface area (TPSA) is 61.7 Å². The molecule has 0 fully saturated rings. The fourth-order valence-corrected chi connectivity index (χ4v) is 1.95. The van der Waals surface area contributed by atoms with Gasteiger partial charge in [0.15, 0.2) is 0 Å². The molecule has 0 saturated heterocycles. The lowest BCUT2D eigenvalue weighted by Gasteiger charge is -2.30. The second kappa shape index (κ2) is 7.48. The number of nitrogens with one attached hydrogen (secondary N) is 1. The fraction of sp³-hybridized carbons (Fsp3) is 0.600. The summed E-state index contributed by atoms with van der Waals surface area (Å²) in [5.41, 5.74) is 0.684. The number of methoxy groups -OCH3 is 1. The highest BCUT2D eigenvalue weighted by molar-refractivity contribution is 5.29. The van der Waals surface area contributed by atoms with Crippen LogP contribution < -0.4 is 10.1 Å². The Kier molecular flexibility index (Phi) is 6.28. The fourth-order valence-electron chi connectivity index (χ4n) is 1.95. The standard InChI is InChI=1S/C15H25NO3/c1-4-15(2,8-9-17)16-11-14(18)12-6-5-7-13(10-12)19-3/h5-7,10,14,16-18H,4,8-9,11H2,1-3H3. The van der Waals surface area contributed by atoms with Gasteiger partial charge in [-0.2, -0.15) is 0 Å². The number of benzene rings is 1. The van der Waals surface area contributed by atoms with Crippen molar-refractivity contribution in [1.82, 2.24) is 5.32 Å². The van der Waals surface area contributed by atoms with Gasteiger partial charge in [-0.05, 0) is 37.5 Å².